The number of non-ortho nitro benzene ring substituents is 1. The summed E-state index contributed by atoms with van der Waals surface area (Å²) in [5.41, 5.74) is 0.267. The quantitative estimate of drug-likeness (QED) is 0.594. The Labute approximate surface area is 148 Å². The molecule has 132 valence electrons. The second-order valence-electron chi connectivity index (χ2n) is 5.43. The Hall–Kier alpha value is -2.30. The molecule has 1 amide bonds. The van der Waals surface area contributed by atoms with Crippen LogP contribution in [-0.2, 0) is 10.0 Å². The lowest BCUT2D eigenvalue weighted by molar-refractivity contribution is -0.384. The number of carbonyl (C=O) groups is 1. The van der Waals surface area contributed by atoms with Gasteiger partial charge < -0.3 is 4.90 Å². The molecule has 1 aromatic carbocycles. The van der Waals surface area contributed by atoms with Crippen LogP contribution < -0.4 is 0 Å². The summed E-state index contributed by atoms with van der Waals surface area (Å²) < 4.78 is 26.6. The number of nitro benzene ring substituents is 1. The lowest BCUT2D eigenvalue weighted by atomic mass is 10.1. The average molecular weight is 381 g/mol. The number of nitrogens with zero attached hydrogens (tertiary/aromatic N) is 3. The molecule has 0 aliphatic carbocycles. The number of carbonyl (C=O) groups excluding carboxylic acids is 1. The van der Waals surface area contributed by atoms with E-state index in [1.165, 1.54) is 39.9 Å². The Morgan fingerprint density at radius 2 is 1.72 bits per heavy atom. The van der Waals surface area contributed by atoms with Crippen molar-refractivity contribution in [2.45, 2.75) is 4.21 Å². The highest BCUT2D eigenvalue weighted by Gasteiger charge is 2.31. The van der Waals surface area contributed by atoms with Crippen molar-refractivity contribution < 1.29 is 18.1 Å². The molecule has 2 aromatic rings. The molecule has 0 radical (unpaired) electrons. The van der Waals surface area contributed by atoms with E-state index in [4.69, 9.17) is 0 Å². The molecular formula is C15H15N3O5S2. The molecule has 0 spiro atoms. The highest BCUT2D eigenvalue weighted by molar-refractivity contribution is 7.91. The Kier molecular flexibility index (Phi) is 4.84. The van der Waals surface area contributed by atoms with Crippen molar-refractivity contribution in [1.82, 2.24) is 9.21 Å². The minimum atomic E-state index is -3.51. The van der Waals surface area contributed by atoms with Crippen LogP contribution in [0.3, 0.4) is 0 Å². The molecular weight excluding hydrogens is 366 g/mol. The Morgan fingerprint density at radius 3 is 2.24 bits per heavy atom. The molecule has 0 atom stereocenters. The summed E-state index contributed by atoms with van der Waals surface area (Å²) in [5.74, 6) is -0.261. The molecule has 1 saturated heterocycles. The smallest absolute Gasteiger partial charge is 0.269 e. The predicted molar refractivity (Wildman–Crippen MR) is 92.1 cm³/mol. The first-order valence-corrected chi connectivity index (χ1v) is 9.79. The van der Waals surface area contributed by atoms with E-state index in [0.717, 1.165) is 0 Å². The minimum absolute atomic E-state index is 0.0802. The van der Waals surface area contributed by atoms with E-state index in [-0.39, 0.29) is 37.8 Å². The van der Waals surface area contributed by atoms with Crippen molar-refractivity contribution in [2.75, 3.05) is 26.2 Å². The third-order valence-electron chi connectivity index (χ3n) is 3.94. The van der Waals surface area contributed by atoms with Gasteiger partial charge in [-0.2, -0.15) is 4.31 Å². The van der Waals surface area contributed by atoms with Gasteiger partial charge in [-0.05, 0) is 23.6 Å². The van der Waals surface area contributed by atoms with Crippen LogP contribution in [0.2, 0.25) is 0 Å². The van der Waals surface area contributed by atoms with Gasteiger partial charge >= 0.3 is 0 Å². The number of hydrogen-bond donors (Lipinski definition) is 0. The number of sulfonamides is 1. The van der Waals surface area contributed by atoms with Crippen molar-refractivity contribution >= 4 is 33.0 Å². The van der Waals surface area contributed by atoms with Crippen LogP contribution in [0.1, 0.15) is 10.4 Å². The molecule has 0 N–H and O–H groups in total. The largest absolute Gasteiger partial charge is 0.336 e. The SMILES string of the molecule is O=C(c1ccc([N+](=O)[O-])cc1)N1CCN(S(=O)(=O)c2cccs2)CC1. The van der Waals surface area contributed by atoms with Gasteiger partial charge in [-0.25, -0.2) is 8.42 Å². The highest BCUT2D eigenvalue weighted by Crippen LogP contribution is 2.22. The Balaban J connectivity index is 1.66. The molecule has 2 heterocycles. The van der Waals surface area contributed by atoms with E-state index in [0.29, 0.717) is 9.77 Å². The fourth-order valence-electron chi connectivity index (χ4n) is 2.58. The van der Waals surface area contributed by atoms with Crippen LogP contribution in [0, 0.1) is 10.1 Å². The van der Waals surface area contributed by atoms with Gasteiger partial charge in [-0.1, -0.05) is 6.07 Å². The summed E-state index contributed by atoms with van der Waals surface area (Å²) in [5, 5.41) is 12.4. The molecule has 1 aliphatic heterocycles. The van der Waals surface area contributed by atoms with E-state index < -0.39 is 14.9 Å². The number of hydrogen-bond acceptors (Lipinski definition) is 6. The summed E-state index contributed by atoms with van der Waals surface area (Å²) >= 11 is 1.17. The van der Waals surface area contributed by atoms with Gasteiger partial charge in [0, 0.05) is 43.9 Å². The van der Waals surface area contributed by atoms with Gasteiger partial charge in [-0.3, -0.25) is 14.9 Å². The minimum Gasteiger partial charge on any atom is -0.336 e. The molecule has 3 rings (SSSR count). The Morgan fingerprint density at radius 1 is 1.08 bits per heavy atom. The molecule has 25 heavy (non-hydrogen) atoms. The van der Waals surface area contributed by atoms with Crippen LogP contribution in [0.25, 0.3) is 0 Å². The fourth-order valence-corrected chi connectivity index (χ4v) is 5.14. The van der Waals surface area contributed by atoms with Crippen LogP contribution in [0.5, 0.6) is 0 Å². The second-order valence-corrected chi connectivity index (χ2v) is 8.54. The molecule has 8 nitrogen and oxygen atoms in total. The van der Waals surface area contributed by atoms with E-state index in [1.54, 1.807) is 22.4 Å². The number of amides is 1. The van der Waals surface area contributed by atoms with Crippen molar-refractivity contribution in [1.29, 1.82) is 0 Å². The van der Waals surface area contributed by atoms with E-state index in [9.17, 15) is 23.3 Å². The molecule has 1 aliphatic rings. The zero-order chi connectivity index (χ0) is 18.0. The summed E-state index contributed by atoms with van der Waals surface area (Å²) in [6, 6.07) is 8.64. The van der Waals surface area contributed by atoms with Gasteiger partial charge in [0.1, 0.15) is 4.21 Å². The van der Waals surface area contributed by atoms with Gasteiger partial charge in [-0.15, -0.1) is 11.3 Å². The molecule has 0 unspecified atom stereocenters. The van der Waals surface area contributed by atoms with E-state index in [2.05, 4.69) is 0 Å². The summed E-state index contributed by atoms with van der Waals surface area (Å²) in [4.78, 5) is 24.1. The third kappa shape index (κ3) is 3.55. The van der Waals surface area contributed by atoms with Gasteiger partial charge in [0.25, 0.3) is 21.6 Å². The molecule has 1 aromatic heterocycles. The van der Waals surface area contributed by atoms with Crippen LogP contribution in [-0.4, -0.2) is 54.6 Å². The Bertz CT molecular complexity index is 870. The summed E-state index contributed by atoms with van der Waals surface area (Å²) in [6.45, 7) is 0.999. The van der Waals surface area contributed by atoms with Crippen molar-refractivity contribution in [3.63, 3.8) is 0 Å². The van der Waals surface area contributed by atoms with E-state index in [1.807, 2.05) is 0 Å². The fraction of sp³-hybridized carbons (Fsp3) is 0.267. The van der Waals surface area contributed by atoms with Gasteiger partial charge in [0.2, 0.25) is 0 Å². The predicted octanol–water partition coefficient (Wildman–Crippen LogP) is 1.80. The molecule has 0 saturated carbocycles. The number of thiophene rings is 1. The first-order chi connectivity index (χ1) is 11.9. The third-order valence-corrected chi connectivity index (χ3v) is 7.21. The highest BCUT2D eigenvalue weighted by atomic mass is 32.2. The average Bonchev–Trinajstić information content (AvgIpc) is 3.17. The summed E-state index contributed by atoms with van der Waals surface area (Å²) in [6.07, 6.45) is 0. The van der Waals surface area contributed by atoms with Crippen LogP contribution in [0.15, 0.2) is 46.0 Å². The maximum Gasteiger partial charge on any atom is 0.269 e. The molecule has 0 bridgehead atoms. The van der Waals surface area contributed by atoms with E-state index >= 15 is 0 Å². The monoisotopic (exact) mass is 381 g/mol. The zero-order valence-electron chi connectivity index (χ0n) is 13.1. The first-order valence-electron chi connectivity index (χ1n) is 7.47. The lowest BCUT2D eigenvalue weighted by Crippen LogP contribution is -2.50. The standard InChI is InChI=1S/C15H15N3O5S2/c19-15(12-3-5-13(6-4-12)18(20)21)16-7-9-17(10-8-16)25(22,23)14-2-1-11-24-14/h1-6,11H,7-10H2. The maximum atomic E-state index is 12.5. The van der Waals surface area contributed by atoms with Crippen LogP contribution in [0.4, 0.5) is 5.69 Å². The second kappa shape index (κ2) is 6.90. The number of rotatable bonds is 4. The van der Waals surface area contributed by atoms with Gasteiger partial charge in [0.15, 0.2) is 0 Å². The summed E-state index contributed by atoms with van der Waals surface area (Å²) in [7, 11) is -3.51. The number of piperazine rings is 1. The topological polar surface area (TPSA) is 101 Å². The van der Waals surface area contributed by atoms with Gasteiger partial charge in [0.05, 0.1) is 4.92 Å². The normalized spacial score (nSPS) is 15.9. The van der Waals surface area contributed by atoms with Crippen molar-refractivity contribution in [3.8, 4) is 0 Å². The number of nitro groups is 1. The first kappa shape index (κ1) is 17.5. The van der Waals surface area contributed by atoms with Crippen LogP contribution >= 0.6 is 11.3 Å². The van der Waals surface area contributed by atoms with Crippen molar-refractivity contribution in [3.05, 3.63) is 57.5 Å². The molecule has 1 fully saturated rings. The van der Waals surface area contributed by atoms with Crippen molar-refractivity contribution in [2.24, 2.45) is 0 Å². The maximum absolute atomic E-state index is 12.5. The number of benzene rings is 1. The molecule has 10 heteroatoms. The zero-order valence-corrected chi connectivity index (χ0v) is 14.7. The lowest BCUT2D eigenvalue weighted by Gasteiger charge is -2.33.